The van der Waals surface area contributed by atoms with Crippen molar-refractivity contribution < 1.29 is 17.9 Å². The van der Waals surface area contributed by atoms with Gasteiger partial charge in [-0.15, -0.1) is 0 Å². The number of carbonyl (C=O) groups excluding carboxylic acids is 1. The standard InChI is InChI=1S/C22H22N2O4S/c1-28-22(25)18-12-14-19(15-13-18)24-21(17-8-4-2-5-9-17)16-23-29(26,27)20-10-6-3-7-11-20/h2-15,21,23-24H,16H2,1H3/t21-/m1/s1. The summed E-state index contributed by atoms with van der Waals surface area (Å²) in [4.78, 5) is 11.8. The van der Waals surface area contributed by atoms with Gasteiger partial charge in [0.2, 0.25) is 10.0 Å². The third-order valence-corrected chi connectivity index (χ3v) is 5.82. The summed E-state index contributed by atoms with van der Waals surface area (Å²) < 4.78 is 32.5. The van der Waals surface area contributed by atoms with E-state index in [4.69, 9.17) is 4.74 Å². The van der Waals surface area contributed by atoms with Crippen molar-refractivity contribution in [2.75, 3.05) is 19.0 Å². The molecule has 0 saturated carbocycles. The fourth-order valence-corrected chi connectivity index (χ4v) is 3.90. The number of carbonyl (C=O) groups is 1. The molecule has 0 amide bonds. The highest BCUT2D eigenvalue weighted by molar-refractivity contribution is 7.89. The first-order valence-corrected chi connectivity index (χ1v) is 10.5. The van der Waals surface area contributed by atoms with Crippen molar-refractivity contribution in [3.05, 3.63) is 96.1 Å². The predicted molar refractivity (Wildman–Crippen MR) is 112 cm³/mol. The van der Waals surface area contributed by atoms with E-state index in [1.165, 1.54) is 7.11 Å². The van der Waals surface area contributed by atoms with Crippen molar-refractivity contribution in [3.63, 3.8) is 0 Å². The first kappa shape index (κ1) is 20.6. The van der Waals surface area contributed by atoms with Crippen LogP contribution in [-0.2, 0) is 14.8 Å². The molecule has 0 bridgehead atoms. The minimum atomic E-state index is -3.63. The summed E-state index contributed by atoms with van der Waals surface area (Å²) in [5.74, 6) is -0.410. The van der Waals surface area contributed by atoms with Crippen molar-refractivity contribution in [1.29, 1.82) is 0 Å². The van der Waals surface area contributed by atoms with Gasteiger partial charge in [0.05, 0.1) is 23.6 Å². The summed E-state index contributed by atoms with van der Waals surface area (Å²) in [6.07, 6.45) is 0. The van der Waals surface area contributed by atoms with Crippen LogP contribution in [0.1, 0.15) is 22.0 Å². The van der Waals surface area contributed by atoms with Crippen molar-refractivity contribution in [3.8, 4) is 0 Å². The van der Waals surface area contributed by atoms with Crippen LogP contribution in [0.15, 0.2) is 89.8 Å². The monoisotopic (exact) mass is 410 g/mol. The molecule has 0 radical (unpaired) electrons. The third-order valence-electron chi connectivity index (χ3n) is 4.38. The average molecular weight is 410 g/mol. The summed E-state index contributed by atoms with van der Waals surface area (Å²) >= 11 is 0. The zero-order chi connectivity index (χ0) is 20.7. The molecule has 0 spiro atoms. The molecule has 3 aromatic carbocycles. The van der Waals surface area contributed by atoms with Gasteiger partial charge in [-0.25, -0.2) is 17.9 Å². The van der Waals surface area contributed by atoms with Gasteiger partial charge in [-0.3, -0.25) is 0 Å². The Morgan fingerprint density at radius 2 is 1.48 bits per heavy atom. The van der Waals surface area contributed by atoms with Crippen LogP contribution in [0, 0.1) is 0 Å². The van der Waals surface area contributed by atoms with Gasteiger partial charge in [0, 0.05) is 12.2 Å². The first-order valence-electron chi connectivity index (χ1n) is 9.04. The summed E-state index contributed by atoms with van der Waals surface area (Å²) in [5.41, 5.74) is 2.13. The molecular formula is C22H22N2O4S. The molecule has 7 heteroatoms. The number of ether oxygens (including phenoxy) is 1. The summed E-state index contributed by atoms with van der Waals surface area (Å²) in [6.45, 7) is 0.153. The van der Waals surface area contributed by atoms with Crippen molar-refractivity contribution >= 4 is 21.7 Å². The average Bonchev–Trinajstić information content (AvgIpc) is 2.77. The maximum Gasteiger partial charge on any atom is 0.337 e. The second-order valence-corrected chi connectivity index (χ2v) is 8.11. The number of sulfonamides is 1. The van der Waals surface area contributed by atoms with Crippen molar-refractivity contribution in [2.24, 2.45) is 0 Å². The minimum Gasteiger partial charge on any atom is -0.465 e. The lowest BCUT2D eigenvalue weighted by atomic mass is 10.1. The zero-order valence-electron chi connectivity index (χ0n) is 15.9. The van der Waals surface area contributed by atoms with Crippen LogP contribution in [0.25, 0.3) is 0 Å². The molecule has 150 valence electrons. The summed E-state index contributed by atoms with van der Waals surface area (Å²) in [6, 6.07) is 24.3. The summed E-state index contributed by atoms with van der Waals surface area (Å²) in [5, 5.41) is 3.32. The SMILES string of the molecule is COC(=O)c1ccc(N[C@H](CNS(=O)(=O)c2ccccc2)c2ccccc2)cc1. The Kier molecular flexibility index (Phi) is 6.64. The molecule has 29 heavy (non-hydrogen) atoms. The molecule has 1 atom stereocenters. The van der Waals surface area contributed by atoms with Gasteiger partial charge >= 0.3 is 5.97 Å². The molecule has 2 N–H and O–H groups in total. The van der Waals surface area contributed by atoms with E-state index in [1.54, 1.807) is 54.6 Å². The number of anilines is 1. The molecule has 0 aliphatic heterocycles. The molecule has 0 aliphatic carbocycles. The molecule has 0 saturated heterocycles. The number of methoxy groups -OCH3 is 1. The predicted octanol–water partition coefficient (Wildman–Crippen LogP) is 3.60. The molecule has 3 aromatic rings. The molecular weight excluding hydrogens is 388 g/mol. The molecule has 6 nitrogen and oxygen atoms in total. The molecule has 0 unspecified atom stereocenters. The lowest BCUT2D eigenvalue weighted by molar-refractivity contribution is 0.0600. The van der Waals surface area contributed by atoms with E-state index in [0.29, 0.717) is 5.56 Å². The van der Waals surface area contributed by atoms with Gasteiger partial charge in [0.15, 0.2) is 0 Å². The Hall–Kier alpha value is -3.16. The molecule has 0 aromatic heterocycles. The zero-order valence-corrected chi connectivity index (χ0v) is 16.7. The lowest BCUT2D eigenvalue weighted by Crippen LogP contribution is -2.31. The number of rotatable bonds is 8. The maximum absolute atomic E-state index is 12.6. The molecule has 0 fully saturated rings. The first-order chi connectivity index (χ1) is 14.0. The highest BCUT2D eigenvalue weighted by atomic mass is 32.2. The quantitative estimate of drug-likeness (QED) is 0.554. The number of nitrogens with one attached hydrogen (secondary N) is 2. The highest BCUT2D eigenvalue weighted by Crippen LogP contribution is 2.21. The smallest absolute Gasteiger partial charge is 0.337 e. The second kappa shape index (κ2) is 9.36. The van der Waals surface area contributed by atoms with E-state index in [0.717, 1.165) is 11.3 Å². The van der Waals surface area contributed by atoms with Gasteiger partial charge in [0.25, 0.3) is 0 Å². The molecule has 3 rings (SSSR count). The fourth-order valence-electron chi connectivity index (χ4n) is 2.84. The van der Waals surface area contributed by atoms with Crippen molar-refractivity contribution in [2.45, 2.75) is 10.9 Å². The number of hydrogen-bond acceptors (Lipinski definition) is 5. The molecule has 0 aliphatic rings. The Bertz CT molecular complexity index is 1040. The van der Waals surface area contributed by atoms with E-state index >= 15 is 0 Å². The lowest BCUT2D eigenvalue weighted by Gasteiger charge is -2.21. The fraction of sp³-hybridized carbons (Fsp3) is 0.136. The van der Waals surface area contributed by atoms with E-state index in [9.17, 15) is 13.2 Å². The van der Waals surface area contributed by atoms with Crippen LogP contribution < -0.4 is 10.0 Å². The second-order valence-electron chi connectivity index (χ2n) is 6.34. The van der Waals surface area contributed by atoms with Gasteiger partial charge in [-0.1, -0.05) is 48.5 Å². The maximum atomic E-state index is 12.6. The number of hydrogen-bond donors (Lipinski definition) is 2. The largest absolute Gasteiger partial charge is 0.465 e. The Morgan fingerprint density at radius 1 is 0.897 bits per heavy atom. The van der Waals surface area contributed by atoms with Crippen molar-refractivity contribution in [1.82, 2.24) is 4.72 Å². The third kappa shape index (κ3) is 5.43. The normalized spacial score (nSPS) is 12.2. The van der Waals surface area contributed by atoms with Crippen LogP contribution in [0.2, 0.25) is 0 Å². The Morgan fingerprint density at radius 3 is 2.07 bits per heavy atom. The van der Waals surface area contributed by atoms with Crippen LogP contribution in [0.3, 0.4) is 0 Å². The van der Waals surface area contributed by atoms with E-state index < -0.39 is 16.0 Å². The van der Waals surface area contributed by atoms with E-state index in [-0.39, 0.29) is 17.5 Å². The Balaban J connectivity index is 1.78. The van der Waals surface area contributed by atoms with E-state index in [1.807, 2.05) is 30.3 Å². The van der Waals surface area contributed by atoms with Gasteiger partial charge < -0.3 is 10.1 Å². The van der Waals surface area contributed by atoms with Gasteiger partial charge in [-0.05, 0) is 42.0 Å². The summed E-state index contributed by atoms with van der Waals surface area (Å²) in [7, 11) is -2.30. The van der Waals surface area contributed by atoms with Crippen LogP contribution in [-0.4, -0.2) is 28.0 Å². The number of benzene rings is 3. The van der Waals surface area contributed by atoms with Crippen LogP contribution in [0.4, 0.5) is 5.69 Å². The number of esters is 1. The highest BCUT2D eigenvalue weighted by Gasteiger charge is 2.18. The topological polar surface area (TPSA) is 84.5 Å². The van der Waals surface area contributed by atoms with Crippen LogP contribution in [0.5, 0.6) is 0 Å². The van der Waals surface area contributed by atoms with Gasteiger partial charge in [0.1, 0.15) is 0 Å². The van der Waals surface area contributed by atoms with E-state index in [2.05, 4.69) is 10.0 Å². The van der Waals surface area contributed by atoms with Gasteiger partial charge in [-0.2, -0.15) is 0 Å². The minimum absolute atomic E-state index is 0.153. The molecule has 0 heterocycles. The Labute approximate surface area is 170 Å². The van der Waals surface area contributed by atoms with Crippen LogP contribution >= 0.6 is 0 Å².